The number of carbonyl (C=O) groups is 2. The molecule has 0 spiro atoms. The first-order valence-electron chi connectivity index (χ1n) is 7.87. The summed E-state index contributed by atoms with van der Waals surface area (Å²) in [5, 5.41) is 4.88. The SMILES string of the molecule is COC(=O)C1=C(C)N(C)C(=O)N[C@H]1c1ccc2cc(OC)ccc2c1. The molecule has 0 aromatic heterocycles. The van der Waals surface area contributed by atoms with Crippen molar-refractivity contribution in [3.8, 4) is 5.75 Å². The Morgan fingerprint density at radius 2 is 1.80 bits per heavy atom. The van der Waals surface area contributed by atoms with E-state index in [0.717, 1.165) is 22.1 Å². The van der Waals surface area contributed by atoms with E-state index in [1.165, 1.54) is 12.0 Å². The van der Waals surface area contributed by atoms with Gasteiger partial charge in [-0.15, -0.1) is 0 Å². The second-order valence-corrected chi connectivity index (χ2v) is 5.90. The summed E-state index contributed by atoms with van der Waals surface area (Å²) < 4.78 is 10.2. The van der Waals surface area contributed by atoms with Crippen molar-refractivity contribution in [3.05, 3.63) is 53.2 Å². The Kier molecular flexibility index (Phi) is 4.35. The minimum atomic E-state index is -0.553. The van der Waals surface area contributed by atoms with Crippen LogP contribution in [-0.4, -0.2) is 38.2 Å². The molecular weight excluding hydrogens is 320 g/mol. The fourth-order valence-corrected chi connectivity index (χ4v) is 3.01. The number of benzene rings is 2. The predicted molar refractivity (Wildman–Crippen MR) is 94.3 cm³/mol. The molecule has 0 unspecified atom stereocenters. The first-order chi connectivity index (χ1) is 12.0. The number of rotatable bonds is 3. The summed E-state index contributed by atoms with van der Waals surface area (Å²) in [5.41, 5.74) is 1.83. The Hall–Kier alpha value is -3.02. The van der Waals surface area contributed by atoms with Gasteiger partial charge >= 0.3 is 12.0 Å². The van der Waals surface area contributed by atoms with Crippen LogP contribution in [0.4, 0.5) is 4.79 Å². The number of urea groups is 1. The summed E-state index contributed by atoms with van der Waals surface area (Å²) in [4.78, 5) is 25.9. The molecule has 0 saturated heterocycles. The smallest absolute Gasteiger partial charge is 0.337 e. The largest absolute Gasteiger partial charge is 0.497 e. The average Bonchev–Trinajstić information content (AvgIpc) is 2.64. The van der Waals surface area contributed by atoms with E-state index in [4.69, 9.17) is 9.47 Å². The van der Waals surface area contributed by atoms with Crippen molar-refractivity contribution in [3.63, 3.8) is 0 Å². The molecule has 2 aromatic rings. The molecular formula is C19H20N2O4. The molecule has 2 aromatic carbocycles. The zero-order valence-corrected chi connectivity index (χ0v) is 14.6. The molecule has 25 heavy (non-hydrogen) atoms. The van der Waals surface area contributed by atoms with Gasteiger partial charge in [-0.3, -0.25) is 0 Å². The van der Waals surface area contributed by atoms with Crippen LogP contribution in [-0.2, 0) is 9.53 Å². The molecule has 0 fully saturated rings. The molecule has 2 amide bonds. The van der Waals surface area contributed by atoms with Gasteiger partial charge in [0.15, 0.2) is 0 Å². The van der Waals surface area contributed by atoms with E-state index in [1.54, 1.807) is 21.1 Å². The topological polar surface area (TPSA) is 67.9 Å². The number of allylic oxidation sites excluding steroid dienone is 1. The van der Waals surface area contributed by atoms with Crippen molar-refractivity contribution in [2.24, 2.45) is 0 Å². The Bertz CT molecular complexity index is 888. The highest BCUT2D eigenvalue weighted by atomic mass is 16.5. The molecule has 130 valence electrons. The van der Waals surface area contributed by atoms with Gasteiger partial charge in [0.2, 0.25) is 0 Å². The monoisotopic (exact) mass is 340 g/mol. The molecule has 6 heteroatoms. The lowest BCUT2D eigenvalue weighted by molar-refractivity contribution is -0.136. The average molecular weight is 340 g/mol. The predicted octanol–water partition coefficient (Wildman–Crippen LogP) is 2.99. The van der Waals surface area contributed by atoms with Crippen LogP contribution in [0.3, 0.4) is 0 Å². The molecule has 3 rings (SSSR count). The number of amides is 2. The van der Waals surface area contributed by atoms with E-state index in [0.29, 0.717) is 11.3 Å². The number of fused-ring (bicyclic) bond motifs is 1. The van der Waals surface area contributed by atoms with Crippen molar-refractivity contribution < 1.29 is 19.1 Å². The van der Waals surface area contributed by atoms with E-state index in [2.05, 4.69) is 5.32 Å². The van der Waals surface area contributed by atoms with Crippen molar-refractivity contribution >= 4 is 22.8 Å². The maximum absolute atomic E-state index is 12.3. The molecule has 1 heterocycles. The Morgan fingerprint density at radius 3 is 2.48 bits per heavy atom. The molecule has 0 bridgehead atoms. The molecule has 1 atom stereocenters. The number of nitrogens with one attached hydrogen (secondary N) is 1. The number of ether oxygens (including phenoxy) is 2. The number of methoxy groups -OCH3 is 2. The number of hydrogen-bond donors (Lipinski definition) is 1. The number of carbonyl (C=O) groups excluding carboxylic acids is 2. The fourth-order valence-electron chi connectivity index (χ4n) is 3.01. The molecule has 0 saturated carbocycles. The van der Waals surface area contributed by atoms with Gasteiger partial charge in [-0.2, -0.15) is 0 Å². The minimum Gasteiger partial charge on any atom is -0.497 e. The van der Waals surface area contributed by atoms with E-state index >= 15 is 0 Å². The van der Waals surface area contributed by atoms with Crippen LogP contribution >= 0.6 is 0 Å². The highest BCUT2D eigenvalue weighted by molar-refractivity contribution is 5.95. The Balaban J connectivity index is 2.11. The maximum atomic E-state index is 12.3. The number of esters is 1. The third kappa shape index (κ3) is 2.91. The first kappa shape index (κ1) is 16.8. The van der Waals surface area contributed by atoms with E-state index in [9.17, 15) is 9.59 Å². The zero-order chi connectivity index (χ0) is 18.1. The third-order valence-electron chi connectivity index (χ3n) is 4.56. The van der Waals surface area contributed by atoms with Crippen LogP contribution < -0.4 is 10.1 Å². The summed E-state index contributed by atoms with van der Waals surface area (Å²) in [6.45, 7) is 1.74. The lowest BCUT2D eigenvalue weighted by Crippen LogP contribution is -2.46. The van der Waals surface area contributed by atoms with Gasteiger partial charge in [0.25, 0.3) is 0 Å². The van der Waals surface area contributed by atoms with Crippen LogP contribution in [0, 0.1) is 0 Å². The fraction of sp³-hybridized carbons (Fsp3) is 0.263. The first-order valence-corrected chi connectivity index (χ1v) is 7.87. The van der Waals surface area contributed by atoms with Gasteiger partial charge < -0.3 is 19.7 Å². The summed E-state index contributed by atoms with van der Waals surface area (Å²) in [7, 11) is 4.58. The molecule has 0 radical (unpaired) electrons. The van der Waals surface area contributed by atoms with Crippen molar-refractivity contribution in [2.75, 3.05) is 21.3 Å². The minimum absolute atomic E-state index is 0.259. The summed E-state index contributed by atoms with van der Waals surface area (Å²) in [6.07, 6.45) is 0. The standard InChI is InChI=1S/C19H20N2O4/c1-11-16(18(22)25-4)17(20-19(23)21(11)2)14-6-5-13-10-15(24-3)8-7-12(13)9-14/h5-10,17H,1-4H3,(H,20,23)/t17-/m0/s1. The molecule has 1 aliphatic rings. The van der Waals surface area contributed by atoms with E-state index in [-0.39, 0.29) is 6.03 Å². The van der Waals surface area contributed by atoms with Gasteiger partial charge in [0.05, 0.1) is 25.8 Å². The van der Waals surface area contributed by atoms with Crippen LogP contribution in [0.5, 0.6) is 5.75 Å². The highest BCUT2D eigenvalue weighted by Gasteiger charge is 2.34. The van der Waals surface area contributed by atoms with Crippen LogP contribution in [0.1, 0.15) is 18.5 Å². The number of hydrogen-bond acceptors (Lipinski definition) is 4. The van der Waals surface area contributed by atoms with Crippen molar-refractivity contribution in [2.45, 2.75) is 13.0 Å². The molecule has 1 N–H and O–H groups in total. The third-order valence-corrected chi connectivity index (χ3v) is 4.56. The summed E-state index contributed by atoms with van der Waals surface area (Å²) in [6, 6.07) is 10.8. The van der Waals surface area contributed by atoms with E-state index in [1.807, 2.05) is 36.4 Å². The normalized spacial score (nSPS) is 17.5. The molecule has 1 aliphatic heterocycles. The Morgan fingerprint density at radius 1 is 1.12 bits per heavy atom. The maximum Gasteiger partial charge on any atom is 0.337 e. The number of nitrogens with zero attached hydrogens (tertiary/aromatic N) is 1. The van der Waals surface area contributed by atoms with Crippen LogP contribution in [0.15, 0.2) is 47.7 Å². The van der Waals surface area contributed by atoms with Gasteiger partial charge in [-0.25, -0.2) is 9.59 Å². The van der Waals surface area contributed by atoms with Gasteiger partial charge in [-0.1, -0.05) is 18.2 Å². The van der Waals surface area contributed by atoms with Crippen LogP contribution in [0.2, 0.25) is 0 Å². The quantitative estimate of drug-likeness (QED) is 0.872. The lowest BCUT2D eigenvalue weighted by atomic mass is 9.93. The van der Waals surface area contributed by atoms with Gasteiger partial charge in [-0.05, 0) is 41.5 Å². The van der Waals surface area contributed by atoms with Gasteiger partial charge in [0.1, 0.15) is 5.75 Å². The second kappa shape index (κ2) is 6.47. The zero-order valence-electron chi connectivity index (χ0n) is 14.6. The summed E-state index contributed by atoms with van der Waals surface area (Å²) in [5.74, 6) is 0.322. The summed E-state index contributed by atoms with van der Waals surface area (Å²) >= 11 is 0. The lowest BCUT2D eigenvalue weighted by Gasteiger charge is -2.33. The Labute approximate surface area is 146 Å². The molecule has 6 nitrogen and oxygen atoms in total. The van der Waals surface area contributed by atoms with Crippen LogP contribution in [0.25, 0.3) is 10.8 Å². The van der Waals surface area contributed by atoms with Crippen molar-refractivity contribution in [1.82, 2.24) is 10.2 Å². The van der Waals surface area contributed by atoms with Gasteiger partial charge in [0, 0.05) is 12.7 Å². The second-order valence-electron chi connectivity index (χ2n) is 5.90. The van der Waals surface area contributed by atoms with Crippen molar-refractivity contribution in [1.29, 1.82) is 0 Å². The van der Waals surface area contributed by atoms with E-state index < -0.39 is 12.0 Å². The highest BCUT2D eigenvalue weighted by Crippen LogP contribution is 2.32. The molecule has 0 aliphatic carbocycles.